The maximum atomic E-state index is 13.3. The zero-order valence-electron chi connectivity index (χ0n) is 16.6. The minimum atomic E-state index is -0.620. The van der Waals surface area contributed by atoms with Gasteiger partial charge in [-0.2, -0.15) is 0 Å². The van der Waals surface area contributed by atoms with Gasteiger partial charge < -0.3 is 19.7 Å². The molecule has 0 bridgehead atoms. The minimum absolute atomic E-state index is 0.0187. The van der Waals surface area contributed by atoms with Crippen molar-refractivity contribution in [3.63, 3.8) is 0 Å². The summed E-state index contributed by atoms with van der Waals surface area (Å²) in [5.74, 6) is 1.06. The van der Waals surface area contributed by atoms with Gasteiger partial charge in [-0.05, 0) is 25.1 Å². The zero-order chi connectivity index (χ0) is 20.4. The van der Waals surface area contributed by atoms with Crippen LogP contribution in [-0.2, 0) is 9.59 Å². The Morgan fingerprint density at radius 3 is 2.79 bits per heavy atom. The summed E-state index contributed by atoms with van der Waals surface area (Å²) in [6.45, 7) is 3.60. The van der Waals surface area contributed by atoms with Crippen LogP contribution in [0.25, 0.3) is 0 Å². The molecule has 1 N–H and O–H groups in total. The Bertz CT molecular complexity index is 916. The Morgan fingerprint density at radius 1 is 1.21 bits per heavy atom. The van der Waals surface area contributed by atoms with Crippen LogP contribution in [0.5, 0.6) is 11.5 Å². The highest BCUT2D eigenvalue weighted by Crippen LogP contribution is 2.34. The minimum Gasteiger partial charge on any atom is -0.496 e. The van der Waals surface area contributed by atoms with Crippen molar-refractivity contribution in [2.75, 3.05) is 38.2 Å². The van der Waals surface area contributed by atoms with E-state index in [9.17, 15) is 9.59 Å². The maximum Gasteiger partial charge on any atom is 0.268 e. The summed E-state index contributed by atoms with van der Waals surface area (Å²) in [6, 6.07) is 14.9. The van der Waals surface area contributed by atoms with E-state index in [0.717, 1.165) is 11.3 Å². The Morgan fingerprint density at radius 2 is 1.97 bits per heavy atom. The van der Waals surface area contributed by atoms with E-state index in [1.165, 1.54) is 4.90 Å². The van der Waals surface area contributed by atoms with Crippen LogP contribution >= 0.6 is 0 Å². The van der Waals surface area contributed by atoms with Gasteiger partial charge in [-0.1, -0.05) is 30.3 Å². The van der Waals surface area contributed by atoms with Gasteiger partial charge in [0.05, 0.1) is 18.8 Å². The quantitative estimate of drug-likeness (QED) is 0.857. The number of hydrogen-bond acceptors (Lipinski definition) is 5. The van der Waals surface area contributed by atoms with E-state index in [-0.39, 0.29) is 24.4 Å². The normalized spacial score (nSPS) is 21.4. The van der Waals surface area contributed by atoms with E-state index < -0.39 is 6.10 Å². The van der Waals surface area contributed by atoms with Crippen LogP contribution in [0.2, 0.25) is 0 Å². The summed E-state index contributed by atoms with van der Waals surface area (Å²) >= 11 is 0. The van der Waals surface area contributed by atoms with Gasteiger partial charge in [0.1, 0.15) is 18.0 Å². The predicted molar refractivity (Wildman–Crippen MR) is 109 cm³/mol. The molecule has 2 atom stereocenters. The number of methoxy groups -OCH3 is 1. The number of fused-ring (bicyclic) bond motifs is 1. The molecule has 0 spiro atoms. The number of nitrogens with one attached hydrogen (secondary N) is 1. The van der Waals surface area contributed by atoms with Crippen LogP contribution in [0.3, 0.4) is 0 Å². The molecule has 0 aromatic heterocycles. The second-order valence-electron chi connectivity index (χ2n) is 7.20. The van der Waals surface area contributed by atoms with E-state index in [2.05, 4.69) is 5.32 Å². The van der Waals surface area contributed by atoms with Crippen LogP contribution in [-0.4, -0.2) is 56.1 Å². The molecule has 152 valence electrons. The Hall–Kier alpha value is -3.06. The average Bonchev–Trinajstić information content (AvgIpc) is 2.76. The lowest BCUT2D eigenvalue weighted by molar-refractivity contribution is -0.135. The van der Waals surface area contributed by atoms with Gasteiger partial charge >= 0.3 is 0 Å². The Balaban J connectivity index is 1.60. The van der Waals surface area contributed by atoms with Crippen molar-refractivity contribution < 1.29 is 19.1 Å². The molecule has 1 saturated heterocycles. The van der Waals surface area contributed by atoms with Gasteiger partial charge in [-0.15, -0.1) is 0 Å². The molecule has 2 aliphatic rings. The van der Waals surface area contributed by atoms with E-state index in [4.69, 9.17) is 9.47 Å². The number of carbonyl (C=O) groups is 2. The fourth-order valence-corrected chi connectivity index (χ4v) is 3.97. The summed E-state index contributed by atoms with van der Waals surface area (Å²) in [6.07, 6.45) is -0.620. The molecular formula is C22H25N3O4. The molecule has 2 aromatic rings. The highest BCUT2D eigenvalue weighted by Gasteiger charge is 2.36. The second-order valence-corrected chi connectivity index (χ2v) is 7.20. The Kier molecular flexibility index (Phi) is 5.40. The molecule has 4 rings (SSSR count). The van der Waals surface area contributed by atoms with Crippen molar-refractivity contribution in [3.8, 4) is 11.5 Å². The molecule has 1 fully saturated rings. The lowest BCUT2D eigenvalue weighted by atomic mass is 10.0. The third-order valence-corrected chi connectivity index (χ3v) is 5.43. The summed E-state index contributed by atoms with van der Waals surface area (Å²) in [5.41, 5.74) is 1.59. The number of nitrogens with zero attached hydrogens (tertiary/aromatic N) is 2. The standard InChI is InChI=1S/C22H25N3O4/c1-15-22(27)25(17-8-4-6-10-20(17)29-15)14-21(26)24-12-11-23-13-18(24)16-7-3-5-9-19(16)28-2/h3-10,15,18,23H,11-14H2,1-2H3. The topological polar surface area (TPSA) is 71.1 Å². The van der Waals surface area contributed by atoms with Gasteiger partial charge in [0.15, 0.2) is 6.10 Å². The first-order valence-corrected chi connectivity index (χ1v) is 9.80. The molecule has 0 saturated carbocycles. The number of ether oxygens (including phenoxy) is 2. The SMILES string of the molecule is COc1ccccc1C1CNCCN1C(=O)CN1C(=O)C(C)Oc2ccccc21. The first-order valence-electron chi connectivity index (χ1n) is 9.80. The second kappa shape index (κ2) is 8.13. The van der Waals surface area contributed by atoms with E-state index in [1.807, 2.05) is 53.4 Å². The molecule has 2 aliphatic heterocycles. The molecule has 2 heterocycles. The van der Waals surface area contributed by atoms with Crippen LogP contribution < -0.4 is 19.7 Å². The van der Waals surface area contributed by atoms with Gasteiger partial charge in [0, 0.05) is 25.2 Å². The van der Waals surface area contributed by atoms with E-state index in [1.54, 1.807) is 14.0 Å². The van der Waals surface area contributed by atoms with Crippen molar-refractivity contribution >= 4 is 17.5 Å². The van der Waals surface area contributed by atoms with Crippen LogP contribution in [0.15, 0.2) is 48.5 Å². The number of carbonyl (C=O) groups excluding carboxylic acids is 2. The molecular weight excluding hydrogens is 370 g/mol. The molecule has 0 aliphatic carbocycles. The van der Waals surface area contributed by atoms with Gasteiger partial charge in [-0.3, -0.25) is 14.5 Å². The number of para-hydroxylation sites is 3. The molecule has 7 heteroatoms. The summed E-state index contributed by atoms with van der Waals surface area (Å²) < 4.78 is 11.2. The third kappa shape index (κ3) is 3.65. The van der Waals surface area contributed by atoms with Gasteiger partial charge in [0.2, 0.25) is 5.91 Å². The summed E-state index contributed by atoms with van der Waals surface area (Å²) in [5, 5.41) is 3.35. The molecule has 29 heavy (non-hydrogen) atoms. The average molecular weight is 395 g/mol. The molecule has 7 nitrogen and oxygen atoms in total. The highest BCUT2D eigenvalue weighted by atomic mass is 16.5. The number of anilines is 1. The molecule has 2 unspecified atom stereocenters. The lowest BCUT2D eigenvalue weighted by Crippen LogP contribution is -2.54. The number of hydrogen-bond donors (Lipinski definition) is 1. The van der Waals surface area contributed by atoms with Crippen molar-refractivity contribution in [1.29, 1.82) is 0 Å². The first-order chi connectivity index (χ1) is 14.1. The van der Waals surface area contributed by atoms with Gasteiger partial charge in [-0.25, -0.2) is 0 Å². The van der Waals surface area contributed by atoms with E-state index >= 15 is 0 Å². The number of rotatable bonds is 4. The van der Waals surface area contributed by atoms with Gasteiger partial charge in [0.25, 0.3) is 5.91 Å². The number of benzene rings is 2. The predicted octanol–water partition coefficient (Wildman–Crippen LogP) is 1.98. The summed E-state index contributed by atoms with van der Waals surface area (Å²) in [7, 11) is 1.63. The number of amides is 2. The van der Waals surface area contributed by atoms with Crippen molar-refractivity contribution in [2.45, 2.75) is 19.1 Å². The largest absolute Gasteiger partial charge is 0.496 e. The monoisotopic (exact) mass is 395 g/mol. The van der Waals surface area contributed by atoms with Crippen molar-refractivity contribution in [3.05, 3.63) is 54.1 Å². The third-order valence-electron chi connectivity index (χ3n) is 5.43. The maximum absolute atomic E-state index is 13.3. The van der Waals surface area contributed by atoms with Crippen LogP contribution in [0.4, 0.5) is 5.69 Å². The van der Waals surface area contributed by atoms with Crippen molar-refractivity contribution in [1.82, 2.24) is 10.2 Å². The number of piperazine rings is 1. The van der Waals surface area contributed by atoms with E-state index in [0.29, 0.717) is 31.1 Å². The summed E-state index contributed by atoms with van der Waals surface area (Å²) in [4.78, 5) is 29.5. The fourth-order valence-electron chi connectivity index (χ4n) is 3.97. The highest BCUT2D eigenvalue weighted by molar-refractivity contribution is 6.03. The van der Waals surface area contributed by atoms with Crippen LogP contribution in [0, 0.1) is 0 Å². The lowest BCUT2D eigenvalue weighted by Gasteiger charge is -2.39. The molecule has 2 aromatic carbocycles. The Labute approximate surface area is 170 Å². The van der Waals surface area contributed by atoms with Crippen molar-refractivity contribution in [2.24, 2.45) is 0 Å². The smallest absolute Gasteiger partial charge is 0.268 e. The fraction of sp³-hybridized carbons (Fsp3) is 0.364. The first kappa shape index (κ1) is 19.3. The molecule has 0 radical (unpaired) electrons. The molecule has 2 amide bonds. The zero-order valence-corrected chi connectivity index (χ0v) is 16.6. The van der Waals surface area contributed by atoms with Crippen LogP contribution in [0.1, 0.15) is 18.5 Å².